The highest BCUT2D eigenvalue weighted by molar-refractivity contribution is 5.94. The maximum absolute atomic E-state index is 12.6. The number of fused-ring (bicyclic) bond motifs is 2. The molecule has 0 saturated carbocycles. The number of carbonyl (C=O) groups excluding carboxylic acids is 2. The first-order chi connectivity index (χ1) is 14.6. The Bertz CT molecular complexity index is 1030. The highest BCUT2D eigenvalue weighted by Crippen LogP contribution is 2.32. The molecule has 0 aliphatic heterocycles. The van der Waals surface area contributed by atoms with E-state index in [4.69, 9.17) is 0 Å². The molecule has 4 rings (SSSR count). The van der Waals surface area contributed by atoms with E-state index in [0.717, 1.165) is 12.8 Å². The van der Waals surface area contributed by atoms with Crippen LogP contribution in [0.1, 0.15) is 35.2 Å². The number of hydrogen-bond donors (Lipinski definition) is 3. The van der Waals surface area contributed by atoms with Gasteiger partial charge >= 0.3 is 0 Å². The SMILES string of the molecule is CC(=O)Nc1cncc(NC(=O)CNC2c3ccccc3CCc3ccccc32)c1. The molecule has 0 saturated heterocycles. The van der Waals surface area contributed by atoms with Crippen LogP contribution in [0.3, 0.4) is 0 Å². The monoisotopic (exact) mass is 400 g/mol. The smallest absolute Gasteiger partial charge is 0.238 e. The molecule has 0 atom stereocenters. The van der Waals surface area contributed by atoms with E-state index in [0.29, 0.717) is 11.4 Å². The molecule has 0 radical (unpaired) electrons. The maximum Gasteiger partial charge on any atom is 0.238 e. The number of aromatic nitrogens is 1. The molecule has 1 heterocycles. The number of rotatable bonds is 5. The molecule has 0 unspecified atom stereocenters. The summed E-state index contributed by atoms with van der Waals surface area (Å²) in [6.07, 6.45) is 5.06. The molecule has 30 heavy (non-hydrogen) atoms. The molecule has 0 bridgehead atoms. The molecule has 6 nitrogen and oxygen atoms in total. The van der Waals surface area contributed by atoms with Crippen molar-refractivity contribution in [1.29, 1.82) is 0 Å². The number of aryl methyl sites for hydroxylation is 2. The van der Waals surface area contributed by atoms with Gasteiger partial charge in [-0.25, -0.2) is 0 Å². The molecule has 3 aromatic rings. The summed E-state index contributed by atoms with van der Waals surface area (Å²) in [5.74, 6) is -0.358. The number of amides is 2. The van der Waals surface area contributed by atoms with Crippen LogP contribution in [0, 0.1) is 0 Å². The Balaban J connectivity index is 1.50. The fourth-order valence-corrected chi connectivity index (χ4v) is 3.92. The molecular weight excluding hydrogens is 376 g/mol. The summed E-state index contributed by atoms with van der Waals surface area (Å²) in [5.41, 5.74) is 6.11. The van der Waals surface area contributed by atoms with Crippen molar-refractivity contribution in [3.8, 4) is 0 Å². The van der Waals surface area contributed by atoms with Gasteiger partial charge in [0.2, 0.25) is 11.8 Å². The van der Waals surface area contributed by atoms with Crippen LogP contribution in [-0.4, -0.2) is 23.3 Å². The predicted octanol–water partition coefficient (Wildman–Crippen LogP) is 3.46. The zero-order valence-corrected chi connectivity index (χ0v) is 16.8. The van der Waals surface area contributed by atoms with E-state index in [1.165, 1.54) is 35.4 Å². The highest BCUT2D eigenvalue weighted by Gasteiger charge is 2.23. The van der Waals surface area contributed by atoms with Crippen molar-refractivity contribution >= 4 is 23.2 Å². The highest BCUT2D eigenvalue weighted by atomic mass is 16.2. The van der Waals surface area contributed by atoms with Crippen LogP contribution >= 0.6 is 0 Å². The summed E-state index contributed by atoms with van der Waals surface area (Å²) in [7, 11) is 0. The lowest BCUT2D eigenvalue weighted by molar-refractivity contribution is -0.115. The maximum atomic E-state index is 12.6. The molecule has 1 aliphatic rings. The van der Waals surface area contributed by atoms with Gasteiger partial charge in [-0.1, -0.05) is 48.5 Å². The van der Waals surface area contributed by atoms with E-state index in [1.807, 2.05) is 12.1 Å². The van der Waals surface area contributed by atoms with Crippen molar-refractivity contribution < 1.29 is 9.59 Å². The first kappa shape index (κ1) is 19.8. The van der Waals surface area contributed by atoms with E-state index in [9.17, 15) is 9.59 Å². The number of anilines is 2. The third kappa shape index (κ3) is 4.55. The van der Waals surface area contributed by atoms with Gasteiger partial charge < -0.3 is 10.6 Å². The van der Waals surface area contributed by atoms with Gasteiger partial charge in [0.25, 0.3) is 0 Å². The second-order valence-electron chi connectivity index (χ2n) is 7.40. The molecule has 0 spiro atoms. The van der Waals surface area contributed by atoms with Gasteiger partial charge in [-0.3, -0.25) is 19.9 Å². The van der Waals surface area contributed by atoms with Crippen LogP contribution in [0.5, 0.6) is 0 Å². The van der Waals surface area contributed by atoms with Crippen molar-refractivity contribution in [1.82, 2.24) is 10.3 Å². The van der Waals surface area contributed by atoms with E-state index in [1.54, 1.807) is 12.3 Å². The fourth-order valence-electron chi connectivity index (χ4n) is 3.92. The Morgan fingerprint density at radius 1 is 0.900 bits per heavy atom. The van der Waals surface area contributed by atoms with Gasteiger partial charge in [-0.05, 0) is 41.2 Å². The minimum Gasteiger partial charge on any atom is -0.325 e. The van der Waals surface area contributed by atoms with Crippen LogP contribution in [0.2, 0.25) is 0 Å². The Hall–Kier alpha value is -3.51. The first-order valence-electron chi connectivity index (χ1n) is 10.0. The average molecular weight is 400 g/mol. The van der Waals surface area contributed by atoms with Gasteiger partial charge in [-0.2, -0.15) is 0 Å². The molecule has 0 fully saturated rings. The Kier molecular flexibility index (Phi) is 5.86. The minimum absolute atomic E-state index is 0.0468. The zero-order chi connectivity index (χ0) is 20.9. The number of carbonyl (C=O) groups is 2. The quantitative estimate of drug-likeness (QED) is 0.613. The molecular formula is C24H24N4O2. The average Bonchev–Trinajstić information content (AvgIpc) is 2.89. The van der Waals surface area contributed by atoms with Crippen LogP contribution in [0.25, 0.3) is 0 Å². The van der Waals surface area contributed by atoms with Crippen molar-refractivity contribution in [2.75, 3.05) is 17.2 Å². The normalized spacial score (nSPS) is 13.0. The van der Waals surface area contributed by atoms with Crippen LogP contribution in [0.15, 0.2) is 67.0 Å². The summed E-state index contributed by atoms with van der Waals surface area (Å²) in [6.45, 7) is 1.58. The second-order valence-corrected chi connectivity index (χ2v) is 7.40. The topological polar surface area (TPSA) is 83.1 Å². The number of benzene rings is 2. The third-order valence-corrected chi connectivity index (χ3v) is 5.20. The molecule has 152 valence electrons. The van der Waals surface area contributed by atoms with Gasteiger partial charge in [0.1, 0.15) is 0 Å². The molecule has 3 N–H and O–H groups in total. The van der Waals surface area contributed by atoms with E-state index in [2.05, 4.69) is 57.3 Å². The van der Waals surface area contributed by atoms with E-state index in [-0.39, 0.29) is 24.4 Å². The third-order valence-electron chi connectivity index (χ3n) is 5.20. The van der Waals surface area contributed by atoms with Crippen LogP contribution < -0.4 is 16.0 Å². The first-order valence-corrected chi connectivity index (χ1v) is 10.0. The Morgan fingerprint density at radius 3 is 2.07 bits per heavy atom. The molecule has 6 heteroatoms. The van der Waals surface area contributed by atoms with Crippen molar-refractivity contribution in [2.24, 2.45) is 0 Å². The van der Waals surface area contributed by atoms with Crippen molar-refractivity contribution in [3.05, 3.63) is 89.2 Å². The second kappa shape index (κ2) is 8.88. The number of pyridine rings is 1. The summed E-state index contributed by atoms with van der Waals surface area (Å²) >= 11 is 0. The Morgan fingerprint density at radius 2 is 1.47 bits per heavy atom. The zero-order valence-electron chi connectivity index (χ0n) is 16.8. The fraction of sp³-hybridized carbons (Fsp3) is 0.208. The molecule has 1 aliphatic carbocycles. The molecule has 1 aromatic heterocycles. The lowest BCUT2D eigenvalue weighted by Crippen LogP contribution is -2.32. The van der Waals surface area contributed by atoms with Crippen LogP contribution in [0.4, 0.5) is 11.4 Å². The number of nitrogens with one attached hydrogen (secondary N) is 3. The summed E-state index contributed by atoms with van der Waals surface area (Å²) in [6, 6.07) is 18.4. The van der Waals surface area contributed by atoms with Gasteiger partial charge in [0, 0.05) is 6.92 Å². The van der Waals surface area contributed by atoms with Gasteiger partial charge in [0.15, 0.2) is 0 Å². The molecule has 2 amide bonds. The summed E-state index contributed by atoms with van der Waals surface area (Å²) < 4.78 is 0. The number of nitrogens with zero attached hydrogens (tertiary/aromatic N) is 1. The predicted molar refractivity (Wildman–Crippen MR) is 117 cm³/mol. The summed E-state index contributed by atoms with van der Waals surface area (Å²) in [4.78, 5) is 27.9. The van der Waals surface area contributed by atoms with Crippen molar-refractivity contribution in [3.63, 3.8) is 0 Å². The minimum atomic E-state index is -0.187. The number of hydrogen-bond acceptors (Lipinski definition) is 4. The summed E-state index contributed by atoms with van der Waals surface area (Å²) in [5, 5.41) is 8.94. The van der Waals surface area contributed by atoms with Crippen molar-refractivity contribution in [2.45, 2.75) is 25.8 Å². The lowest BCUT2D eigenvalue weighted by Gasteiger charge is -2.21. The van der Waals surface area contributed by atoms with Gasteiger partial charge in [-0.15, -0.1) is 0 Å². The molecule has 2 aromatic carbocycles. The van der Waals surface area contributed by atoms with E-state index >= 15 is 0 Å². The largest absolute Gasteiger partial charge is 0.325 e. The Labute approximate surface area is 175 Å². The van der Waals surface area contributed by atoms with Crippen LogP contribution in [-0.2, 0) is 22.4 Å². The van der Waals surface area contributed by atoms with Gasteiger partial charge in [0.05, 0.1) is 36.4 Å². The standard InChI is InChI=1S/C24H24N4O2/c1-16(29)27-19-12-20(14-25-13-19)28-23(30)15-26-24-21-8-4-2-6-17(21)10-11-18-7-3-5-9-22(18)24/h2-9,12-14,24,26H,10-11,15H2,1H3,(H,27,29)(H,28,30). The van der Waals surface area contributed by atoms with E-state index < -0.39 is 0 Å². The lowest BCUT2D eigenvalue weighted by atomic mass is 9.94.